The lowest BCUT2D eigenvalue weighted by Crippen LogP contribution is -2.37. The van der Waals surface area contributed by atoms with Gasteiger partial charge in [-0.2, -0.15) is 0 Å². The number of carbonyl (C=O) groups excluding carboxylic acids is 2. The summed E-state index contributed by atoms with van der Waals surface area (Å²) in [6.45, 7) is 6.14. The Kier molecular flexibility index (Phi) is 5.85. The maximum absolute atomic E-state index is 12.8. The van der Waals surface area contributed by atoms with Crippen LogP contribution in [0.15, 0.2) is 4.42 Å². The number of anilines is 1. The van der Waals surface area contributed by atoms with Crippen LogP contribution in [0.1, 0.15) is 66.4 Å². The first kappa shape index (κ1) is 19.9. The number of hydrogen-bond donors (Lipinski definition) is 1. The van der Waals surface area contributed by atoms with Crippen molar-refractivity contribution < 1.29 is 18.7 Å². The number of piperidine rings is 1. The summed E-state index contributed by atoms with van der Waals surface area (Å²) < 4.78 is 11.0. The standard InChI is InChI=1S/C22H29N3O4/c1-3-28-22(27)20-19(24-17(26)13-25-11-7-4-8-12-25)18-16-10-6-5-9-15(16)14(2)23-21(18)29-20/h3-13H2,1-2H3,(H,24,26). The van der Waals surface area contributed by atoms with Gasteiger partial charge in [0.15, 0.2) is 0 Å². The molecule has 1 saturated heterocycles. The molecule has 2 aromatic rings. The van der Waals surface area contributed by atoms with E-state index in [4.69, 9.17) is 9.15 Å². The van der Waals surface area contributed by atoms with E-state index in [0.29, 0.717) is 17.9 Å². The summed E-state index contributed by atoms with van der Waals surface area (Å²) in [5, 5.41) is 3.74. The molecule has 0 bridgehead atoms. The summed E-state index contributed by atoms with van der Waals surface area (Å²) in [6.07, 6.45) is 7.51. The summed E-state index contributed by atoms with van der Waals surface area (Å²) in [5.41, 5.74) is 4.12. The van der Waals surface area contributed by atoms with Crippen molar-refractivity contribution in [2.75, 3.05) is 31.6 Å². The fourth-order valence-corrected chi connectivity index (χ4v) is 4.54. The number of esters is 1. The van der Waals surface area contributed by atoms with Gasteiger partial charge in [0.1, 0.15) is 5.69 Å². The average molecular weight is 399 g/mol. The van der Waals surface area contributed by atoms with Gasteiger partial charge in [-0.25, -0.2) is 9.78 Å². The highest BCUT2D eigenvalue weighted by Crippen LogP contribution is 2.38. The van der Waals surface area contributed by atoms with Gasteiger partial charge in [0, 0.05) is 5.69 Å². The third-order valence-electron chi connectivity index (χ3n) is 5.91. The van der Waals surface area contributed by atoms with Crippen molar-refractivity contribution in [3.63, 3.8) is 0 Å². The molecule has 1 aliphatic carbocycles. The molecule has 1 fully saturated rings. The topological polar surface area (TPSA) is 84.7 Å². The van der Waals surface area contributed by atoms with Gasteiger partial charge in [0.05, 0.1) is 18.5 Å². The first-order chi connectivity index (χ1) is 14.1. The molecule has 7 nitrogen and oxygen atoms in total. The van der Waals surface area contributed by atoms with Gasteiger partial charge in [-0.3, -0.25) is 9.69 Å². The summed E-state index contributed by atoms with van der Waals surface area (Å²) in [7, 11) is 0. The molecule has 0 atom stereocenters. The Labute approximate surface area is 170 Å². The van der Waals surface area contributed by atoms with Gasteiger partial charge < -0.3 is 14.5 Å². The molecule has 7 heteroatoms. The molecular weight excluding hydrogens is 370 g/mol. The zero-order chi connectivity index (χ0) is 20.4. The fourth-order valence-electron chi connectivity index (χ4n) is 4.54. The lowest BCUT2D eigenvalue weighted by atomic mass is 9.89. The van der Waals surface area contributed by atoms with Crippen molar-refractivity contribution in [1.82, 2.24) is 9.88 Å². The predicted octanol–water partition coefficient (Wildman–Crippen LogP) is 3.62. The number of nitrogens with zero attached hydrogens (tertiary/aromatic N) is 2. The second-order valence-corrected chi connectivity index (χ2v) is 7.95. The van der Waals surface area contributed by atoms with Crippen LogP contribution in [0.25, 0.3) is 11.1 Å². The van der Waals surface area contributed by atoms with Crippen LogP contribution in [-0.2, 0) is 22.4 Å². The van der Waals surface area contributed by atoms with Crippen LogP contribution >= 0.6 is 0 Å². The molecule has 0 saturated carbocycles. The number of aryl methyl sites for hydroxylation is 2. The Morgan fingerprint density at radius 1 is 1.10 bits per heavy atom. The van der Waals surface area contributed by atoms with E-state index in [0.717, 1.165) is 68.3 Å². The van der Waals surface area contributed by atoms with Gasteiger partial charge in [-0.15, -0.1) is 0 Å². The number of furan rings is 1. The SMILES string of the molecule is CCOC(=O)c1oc2nc(C)c3c(c2c1NC(=O)CN1CCCCC1)CCCC3. The molecule has 0 radical (unpaired) electrons. The van der Waals surface area contributed by atoms with Crippen LogP contribution in [-0.4, -0.2) is 48.0 Å². The van der Waals surface area contributed by atoms with Crippen LogP contribution in [0, 0.1) is 6.92 Å². The van der Waals surface area contributed by atoms with Crippen LogP contribution < -0.4 is 5.32 Å². The van der Waals surface area contributed by atoms with Crippen LogP contribution in [0.2, 0.25) is 0 Å². The van der Waals surface area contributed by atoms with E-state index in [2.05, 4.69) is 15.2 Å². The number of rotatable bonds is 5. The molecule has 156 valence electrons. The number of aromatic nitrogens is 1. The quantitative estimate of drug-likeness (QED) is 0.773. The number of nitrogens with one attached hydrogen (secondary N) is 1. The fraction of sp³-hybridized carbons (Fsp3) is 0.591. The molecule has 3 heterocycles. The summed E-state index contributed by atoms with van der Waals surface area (Å²) in [6, 6.07) is 0. The maximum Gasteiger partial charge on any atom is 0.376 e. The Hall–Kier alpha value is -2.41. The second kappa shape index (κ2) is 8.53. The second-order valence-electron chi connectivity index (χ2n) is 7.95. The zero-order valence-corrected chi connectivity index (χ0v) is 17.3. The van der Waals surface area contributed by atoms with Crippen LogP contribution in [0.5, 0.6) is 0 Å². The lowest BCUT2D eigenvalue weighted by Gasteiger charge is -2.25. The van der Waals surface area contributed by atoms with Gasteiger partial charge in [0.25, 0.3) is 0 Å². The summed E-state index contributed by atoms with van der Waals surface area (Å²) in [4.78, 5) is 32.1. The zero-order valence-electron chi connectivity index (χ0n) is 17.3. The molecule has 1 amide bonds. The highest BCUT2D eigenvalue weighted by atomic mass is 16.5. The highest BCUT2D eigenvalue weighted by molar-refractivity contribution is 6.10. The van der Waals surface area contributed by atoms with Crippen molar-refractivity contribution in [2.24, 2.45) is 0 Å². The predicted molar refractivity (Wildman–Crippen MR) is 110 cm³/mol. The Balaban J connectivity index is 1.73. The van der Waals surface area contributed by atoms with Crippen LogP contribution in [0.3, 0.4) is 0 Å². The first-order valence-corrected chi connectivity index (χ1v) is 10.7. The van der Waals surface area contributed by atoms with Crippen molar-refractivity contribution in [3.05, 3.63) is 22.6 Å². The minimum Gasteiger partial charge on any atom is -0.460 e. The number of amides is 1. The van der Waals surface area contributed by atoms with E-state index >= 15 is 0 Å². The van der Waals surface area contributed by atoms with Crippen LogP contribution in [0.4, 0.5) is 5.69 Å². The average Bonchev–Trinajstić information content (AvgIpc) is 3.07. The number of ether oxygens (including phenoxy) is 1. The van der Waals surface area contributed by atoms with Gasteiger partial charge >= 0.3 is 5.97 Å². The van der Waals surface area contributed by atoms with Crippen molar-refractivity contribution in [3.8, 4) is 0 Å². The molecule has 4 rings (SSSR count). The summed E-state index contributed by atoms with van der Waals surface area (Å²) >= 11 is 0. The molecule has 29 heavy (non-hydrogen) atoms. The van der Waals surface area contributed by atoms with Gasteiger partial charge in [0.2, 0.25) is 17.4 Å². The minimum atomic E-state index is -0.569. The third-order valence-corrected chi connectivity index (χ3v) is 5.91. The third kappa shape index (κ3) is 4.01. The molecule has 2 aliphatic rings. The molecule has 0 spiro atoms. The number of likely N-dealkylation sites (tertiary alicyclic amines) is 1. The molecule has 1 N–H and O–H groups in total. The smallest absolute Gasteiger partial charge is 0.376 e. The van der Waals surface area contributed by atoms with Crippen molar-refractivity contribution in [2.45, 2.75) is 58.8 Å². The molecule has 0 unspecified atom stereocenters. The number of pyridine rings is 1. The Morgan fingerprint density at radius 3 is 2.55 bits per heavy atom. The molecular formula is C22H29N3O4. The van der Waals surface area contributed by atoms with E-state index in [1.807, 2.05) is 6.92 Å². The van der Waals surface area contributed by atoms with E-state index in [1.165, 1.54) is 12.0 Å². The maximum atomic E-state index is 12.8. The van der Waals surface area contributed by atoms with E-state index in [-0.39, 0.29) is 18.3 Å². The van der Waals surface area contributed by atoms with Gasteiger partial charge in [-0.05, 0) is 76.6 Å². The Bertz CT molecular complexity index is 928. The monoisotopic (exact) mass is 399 g/mol. The minimum absolute atomic E-state index is 0.0414. The molecule has 0 aromatic carbocycles. The normalized spacial score (nSPS) is 17.2. The number of carbonyl (C=O) groups is 2. The molecule has 2 aromatic heterocycles. The largest absolute Gasteiger partial charge is 0.460 e. The van der Waals surface area contributed by atoms with E-state index in [9.17, 15) is 9.59 Å². The van der Waals surface area contributed by atoms with Crippen molar-refractivity contribution in [1.29, 1.82) is 0 Å². The van der Waals surface area contributed by atoms with E-state index in [1.54, 1.807) is 6.92 Å². The highest BCUT2D eigenvalue weighted by Gasteiger charge is 2.29. The van der Waals surface area contributed by atoms with Crippen molar-refractivity contribution >= 4 is 28.7 Å². The number of hydrogen-bond acceptors (Lipinski definition) is 6. The number of fused-ring (bicyclic) bond motifs is 3. The Morgan fingerprint density at radius 2 is 1.83 bits per heavy atom. The first-order valence-electron chi connectivity index (χ1n) is 10.7. The molecule has 1 aliphatic heterocycles. The summed E-state index contributed by atoms with van der Waals surface area (Å²) in [5.74, 6) is -0.661. The lowest BCUT2D eigenvalue weighted by molar-refractivity contribution is -0.117. The van der Waals surface area contributed by atoms with Gasteiger partial charge in [-0.1, -0.05) is 6.42 Å². The van der Waals surface area contributed by atoms with E-state index < -0.39 is 5.97 Å².